The summed E-state index contributed by atoms with van der Waals surface area (Å²) < 4.78 is 18.6. The first-order valence-electron chi connectivity index (χ1n) is 9.69. The van der Waals surface area contributed by atoms with Crippen LogP contribution in [0.3, 0.4) is 0 Å². The zero-order valence-corrected chi connectivity index (χ0v) is 18.9. The van der Waals surface area contributed by atoms with Crippen molar-refractivity contribution >= 4 is 39.8 Å². The number of benzene rings is 2. The molecule has 0 aliphatic rings. The number of hydrogen-bond donors (Lipinski definition) is 2. The second kappa shape index (κ2) is 9.94. The average Bonchev–Trinajstić information content (AvgIpc) is 3.08. The number of carbonyl (C=O) groups excluding carboxylic acids is 2. The molecule has 0 radical (unpaired) electrons. The van der Waals surface area contributed by atoms with E-state index in [0.29, 0.717) is 16.5 Å². The van der Waals surface area contributed by atoms with Gasteiger partial charge >= 0.3 is 0 Å². The lowest BCUT2D eigenvalue weighted by Crippen LogP contribution is -2.26. The third-order valence-electron chi connectivity index (χ3n) is 4.58. The Morgan fingerprint density at radius 2 is 1.84 bits per heavy atom. The summed E-state index contributed by atoms with van der Waals surface area (Å²) in [5.41, 5.74) is 1.84. The third kappa shape index (κ3) is 5.62. The predicted molar refractivity (Wildman–Crippen MR) is 122 cm³/mol. The van der Waals surface area contributed by atoms with Crippen molar-refractivity contribution in [1.82, 2.24) is 5.32 Å². The van der Waals surface area contributed by atoms with Crippen molar-refractivity contribution in [2.24, 2.45) is 0 Å². The molecule has 0 aliphatic heterocycles. The van der Waals surface area contributed by atoms with Crippen LogP contribution in [0.25, 0.3) is 0 Å². The number of nitrogens with one attached hydrogen (secondary N) is 2. The minimum absolute atomic E-state index is 0.0212. The highest BCUT2D eigenvalue weighted by Crippen LogP contribution is 2.29. The molecule has 3 rings (SSSR count). The number of amides is 2. The molecule has 1 unspecified atom stereocenters. The Kier molecular flexibility index (Phi) is 7.30. The van der Waals surface area contributed by atoms with Gasteiger partial charge in [-0.15, -0.1) is 11.3 Å². The lowest BCUT2D eigenvalue weighted by atomic mass is 10.1. The van der Waals surface area contributed by atoms with Crippen molar-refractivity contribution in [3.05, 3.63) is 80.9 Å². The smallest absolute Gasteiger partial charge is 0.262 e. The molecule has 2 aromatic carbocycles. The minimum atomic E-state index is -0.519. The Morgan fingerprint density at radius 3 is 2.48 bits per heavy atom. The molecule has 1 atom stereocenters. The molecule has 0 fully saturated rings. The Labute approximate surface area is 189 Å². The van der Waals surface area contributed by atoms with Crippen LogP contribution in [0.1, 0.15) is 51.0 Å². The maximum absolute atomic E-state index is 13.2. The summed E-state index contributed by atoms with van der Waals surface area (Å²) in [4.78, 5) is 25.7. The van der Waals surface area contributed by atoms with Crippen molar-refractivity contribution < 1.29 is 18.7 Å². The molecule has 0 saturated carbocycles. The van der Waals surface area contributed by atoms with E-state index in [4.69, 9.17) is 16.3 Å². The number of hydrogen-bond acceptors (Lipinski definition) is 4. The van der Waals surface area contributed by atoms with Crippen molar-refractivity contribution in [1.29, 1.82) is 0 Å². The Bertz CT molecular complexity index is 1100. The van der Waals surface area contributed by atoms with E-state index in [1.807, 2.05) is 38.1 Å². The van der Waals surface area contributed by atoms with Gasteiger partial charge in [-0.3, -0.25) is 9.59 Å². The van der Waals surface area contributed by atoms with E-state index in [1.54, 1.807) is 13.0 Å². The van der Waals surface area contributed by atoms with Crippen LogP contribution in [0.5, 0.6) is 5.75 Å². The highest BCUT2D eigenvalue weighted by molar-refractivity contribution is 7.18. The van der Waals surface area contributed by atoms with E-state index in [0.717, 1.165) is 34.3 Å². The summed E-state index contributed by atoms with van der Waals surface area (Å²) in [7, 11) is 0. The second-order valence-corrected chi connectivity index (χ2v) is 8.36. The fraction of sp³-hybridized carbons (Fsp3) is 0.217. The van der Waals surface area contributed by atoms with Crippen LogP contribution >= 0.6 is 22.9 Å². The minimum Gasteiger partial charge on any atom is -0.494 e. The molecular weight excluding hydrogens is 439 g/mol. The van der Waals surface area contributed by atoms with E-state index < -0.39 is 11.7 Å². The van der Waals surface area contributed by atoms with E-state index in [1.165, 1.54) is 12.1 Å². The normalized spacial score (nSPS) is 11.6. The maximum Gasteiger partial charge on any atom is 0.262 e. The number of carbonyl (C=O) groups is 2. The number of aryl methyl sites for hydroxylation is 1. The van der Waals surface area contributed by atoms with Gasteiger partial charge in [-0.05, 0) is 68.3 Å². The molecule has 8 heteroatoms. The van der Waals surface area contributed by atoms with Gasteiger partial charge in [0.05, 0.1) is 33.1 Å². The summed E-state index contributed by atoms with van der Waals surface area (Å²) >= 11 is 7.12. The van der Waals surface area contributed by atoms with Crippen molar-refractivity contribution in [3.8, 4) is 5.75 Å². The summed E-state index contributed by atoms with van der Waals surface area (Å²) in [6.45, 7) is 6.21. The van der Waals surface area contributed by atoms with E-state index in [2.05, 4.69) is 10.6 Å². The zero-order valence-electron chi connectivity index (χ0n) is 17.3. The standard InChI is InChI=1S/C23H22ClFN2O3S/c1-4-30-17-8-5-15(6-9-17)14(3)26-23(29)21-13(2)11-20(31-21)27-22(28)18-10-7-16(25)12-19(18)24/h5-12,14H,4H2,1-3H3,(H,26,29)(H,27,28). The highest BCUT2D eigenvalue weighted by Gasteiger charge is 2.19. The highest BCUT2D eigenvalue weighted by atomic mass is 35.5. The van der Waals surface area contributed by atoms with Gasteiger partial charge in [0.25, 0.3) is 11.8 Å². The number of ether oxygens (including phenoxy) is 1. The van der Waals surface area contributed by atoms with Crippen molar-refractivity contribution in [2.75, 3.05) is 11.9 Å². The Morgan fingerprint density at radius 1 is 1.13 bits per heavy atom. The zero-order chi connectivity index (χ0) is 22.5. The summed E-state index contributed by atoms with van der Waals surface area (Å²) in [6, 6.07) is 12.6. The van der Waals surface area contributed by atoms with Gasteiger partial charge in [0.15, 0.2) is 0 Å². The number of halogens is 2. The van der Waals surface area contributed by atoms with Crippen LogP contribution < -0.4 is 15.4 Å². The van der Waals surface area contributed by atoms with Crippen LogP contribution in [0.4, 0.5) is 9.39 Å². The largest absolute Gasteiger partial charge is 0.494 e. The topological polar surface area (TPSA) is 67.4 Å². The fourth-order valence-electron chi connectivity index (χ4n) is 2.99. The van der Waals surface area contributed by atoms with Crippen LogP contribution in [0, 0.1) is 12.7 Å². The van der Waals surface area contributed by atoms with Crippen LogP contribution in [0.15, 0.2) is 48.5 Å². The average molecular weight is 461 g/mol. The van der Waals surface area contributed by atoms with Gasteiger partial charge in [-0.2, -0.15) is 0 Å². The SMILES string of the molecule is CCOc1ccc(C(C)NC(=O)c2sc(NC(=O)c3ccc(F)cc3Cl)cc2C)cc1. The van der Waals surface area contributed by atoms with Crippen molar-refractivity contribution in [3.63, 3.8) is 0 Å². The van der Waals surface area contributed by atoms with Gasteiger partial charge in [0.2, 0.25) is 0 Å². The van der Waals surface area contributed by atoms with Gasteiger partial charge in [-0.1, -0.05) is 23.7 Å². The maximum atomic E-state index is 13.2. The molecule has 0 aliphatic carbocycles. The molecule has 162 valence electrons. The van der Waals surface area contributed by atoms with Gasteiger partial charge in [-0.25, -0.2) is 4.39 Å². The molecule has 2 N–H and O–H groups in total. The first kappa shape index (κ1) is 22.8. The number of anilines is 1. The molecule has 3 aromatic rings. The summed E-state index contributed by atoms with van der Waals surface area (Å²) in [5.74, 6) is -0.445. The lowest BCUT2D eigenvalue weighted by Gasteiger charge is -2.14. The monoisotopic (exact) mass is 460 g/mol. The lowest BCUT2D eigenvalue weighted by molar-refractivity contribution is 0.0942. The molecule has 2 amide bonds. The quantitative estimate of drug-likeness (QED) is 0.455. The Hall–Kier alpha value is -2.90. The van der Waals surface area contributed by atoms with Crippen LogP contribution in [-0.4, -0.2) is 18.4 Å². The molecule has 0 saturated heterocycles. The van der Waals surface area contributed by atoms with Gasteiger partial charge in [0.1, 0.15) is 11.6 Å². The van der Waals surface area contributed by atoms with E-state index >= 15 is 0 Å². The molecule has 0 spiro atoms. The van der Waals surface area contributed by atoms with Crippen LogP contribution in [0.2, 0.25) is 5.02 Å². The molecule has 1 aromatic heterocycles. The second-order valence-electron chi connectivity index (χ2n) is 6.90. The fourth-order valence-corrected chi connectivity index (χ4v) is 4.21. The molecule has 0 bridgehead atoms. The van der Waals surface area contributed by atoms with E-state index in [9.17, 15) is 14.0 Å². The third-order valence-corrected chi connectivity index (χ3v) is 6.04. The van der Waals surface area contributed by atoms with Crippen molar-refractivity contribution in [2.45, 2.75) is 26.8 Å². The summed E-state index contributed by atoms with van der Waals surface area (Å²) in [5, 5.41) is 6.21. The Balaban J connectivity index is 1.68. The van der Waals surface area contributed by atoms with Gasteiger partial charge < -0.3 is 15.4 Å². The number of rotatable bonds is 7. The first-order valence-corrected chi connectivity index (χ1v) is 10.9. The molecule has 1 heterocycles. The first-order chi connectivity index (χ1) is 14.8. The summed E-state index contributed by atoms with van der Waals surface area (Å²) in [6.07, 6.45) is 0. The molecule has 5 nitrogen and oxygen atoms in total. The number of thiophene rings is 1. The van der Waals surface area contributed by atoms with Crippen LogP contribution in [-0.2, 0) is 0 Å². The molecular formula is C23H22ClFN2O3S. The van der Waals surface area contributed by atoms with Gasteiger partial charge in [0, 0.05) is 0 Å². The van der Waals surface area contributed by atoms with E-state index in [-0.39, 0.29) is 22.5 Å². The predicted octanol–water partition coefficient (Wildman–Crippen LogP) is 5.99. The molecule has 31 heavy (non-hydrogen) atoms.